The van der Waals surface area contributed by atoms with E-state index in [4.69, 9.17) is 0 Å². The number of aryl methyl sites for hydroxylation is 1. The molecule has 0 N–H and O–H groups in total. The molecule has 2 atom stereocenters. The van der Waals surface area contributed by atoms with Crippen molar-refractivity contribution in [2.45, 2.75) is 26.2 Å². The van der Waals surface area contributed by atoms with Crippen LogP contribution < -0.4 is 0 Å². The summed E-state index contributed by atoms with van der Waals surface area (Å²) >= 11 is 0. The molecule has 1 fully saturated rings. The van der Waals surface area contributed by atoms with Gasteiger partial charge >= 0.3 is 0 Å². The molecule has 0 saturated heterocycles. The summed E-state index contributed by atoms with van der Waals surface area (Å²) in [5.41, 5.74) is 3.03. The Hall–Kier alpha value is -0.780. The van der Waals surface area contributed by atoms with Crippen molar-refractivity contribution >= 4 is 0 Å². The lowest BCUT2D eigenvalue weighted by Gasteiger charge is -2.01. The molecular weight excluding hydrogens is 132 g/mol. The summed E-state index contributed by atoms with van der Waals surface area (Å²) in [6.07, 6.45) is 1.39. The highest BCUT2D eigenvalue weighted by molar-refractivity contribution is 5.32. The molecule has 2 unspecified atom stereocenters. The maximum absolute atomic E-state index is 2.33. The molecule has 0 spiro atoms. The van der Waals surface area contributed by atoms with E-state index in [1.165, 1.54) is 12.0 Å². The summed E-state index contributed by atoms with van der Waals surface area (Å²) in [7, 11) is 0. The van der Waals surface area contributed by atoms with Crippen LogP contribution in [0.1, 0.15) is 30.4 Å². The van der Waals surface area contributed by atoms with Gasteiger partial charge in [0.15, 0.2) is 0 Å². The summed E-state index contributed by atoms with van der Waals surface area (Å²) < 4.78 is 0. The summed E-state index contributed by atoms with van der Waals surface area (Å²) in [4.78, 5) is 0. The predicted octanol–water partition coefficient (Wildman–Crippen LogP) is 3.12. The summed E-state index contributed by atoms with van der Waals surface area (Å²) in [6, 6.07) is 8.74. The quantitative estimate of drug-likeness (QED) is 0.571. The van der Waals surface area contributed by atoms with Gasteiger partial charge in [0.2, 0.25) is 0 Å². The Morgan fingerprint density at radius 1 is 1.27 bits per heavy atom. The second-order valence-electron chi connectivity index (χ2n) is 3.68. The summed E-state index contributed by atoms with van der Waals surface area (Å²) in [6.45, 7) is 4.54. The number of hydrogen-bond donors (Lipinski definition) is 0. The molecule has 58 valence electrons. The van der Waals surface area contributed by atoms with Crippen molar-refractivity contribution in [3.8, 4) is 0 Å². The third kappa shape index (κ3) is 1.18. The van der Waals surface area contributed by atoms with Crippen LogP contribution in [-0.2, 0) is 0 Å². The Bertz CT molecular complexity index is 262. The Labute approximate surface area is 68.3 Å². The van der Waals surface area contributed by atoms with Crippen LogP contribution >= 0.6 is 0 Å². The van der Waals surface area contributed by atoms with Crippen molar-refractivity contribution in [1.82, 2.24) is 0 Å². The maximum atomic E-state index is 2.33. The van der Waals surface area contributed by atoms with Crippen LogP contribution in [0.25, 0.3) is 0 Å². The zero-order valence-electron chi connectivity index (χ0n) is 7.17. The van der Waals surface area contributed by atoms with E-state index in [0.29, 0.717) is 0 Å². The lowest BCUT2D eigenvalue weighted by molar-refractivity contribution is 0.908. The average molecular weight is 146 g/mol. The Morgan fingerprint density at radius 2 is 1.91 bits per heavy atom. The molecule has 0 radical (unpaired) electrons. The molecule has 0 heterocycles. The third-order valence-corrected chi connectivity index (χ3v) is 2.70. The third-order valence-electron chi connectivity index (χ3n) is 2.70. The first kappa shape index (κ1) is 6.90. The fraction of sp³-hybridized carbons (Fsp3) is 0.455. The molecule has 0 heteroatoms. The predicted molar refractivity (Wildman–Crippen MR) is 47.7 cm³/mol. The van der Waals surface area contributed by atoms with E-state index >= 15 is 0 Å². The van der Waals surface area contributed by atoms with Gasteiger partial charge in [0.05, 0.1) is 0 Å². The second kappa shape index (κ2) is 2.37. The van der Waals surface area contributed by atoms with Crippen LogP contribution in [-0.4, -0.2) is 0 Å². The standard InChI is InChI=1S/C11H14/c1-8-5-3-4-6-10(8)11-7-9(11)2/h3-6,9,11H,7H2,1-2H3. The van der Waals surface area contributed by atoms with E-state index in [1.807, 2.05) is 0 Å². The molecule has 1 saturated carbocycles. The topological polar surface area (TPSA) is 0 Å². The minimum absolute atomic E-state index is 0.871. The van der Waals surface area contributed by atoms with Crippen molar-refractivity contribution in [3.05, 3.63) is 35.4 Å². The Kier molecular flexibility index (Phi) is 1.49. The van der Waals surface area contributed by atoms with Gasteiger partial charge in [-0.2, -0.15) is 0 Å². The maximum Gasteiger partial charge on any atom is -0.0131 e. The molecule has 1 aromatic rings. The molecule has 1 aliphatic carbocycles. The fourth-order valence-electron chi connectivity index (χ4n) is 1.76. The zero-order valence-corrected chi connectivity index (χ0v) is 7.17. The van der Waals surface area contributed by atoms with Gasteiger partial charge in [0.25, 0.3) is 0 Å². The lowest BCUT2D eigenvalue weighted by Crippen LogP contribution is -1.84. The monoisotopic (exact) mass is 146 g/mol. The first-order chi connectivity index (χ1) is 5.29. The van der Waals surface area contributed by atoms with Crippen LogP contribution in [0.15, 0.2) is 24.3 Å². The molecule has 0 amide bonds. The molecule has 11 heavy (non-hydrogen) atoms. The van der Waals surface area contributed by atoms with E-state index in [1.54, 1.807) is 5.56 Å². The Balaban J connectivity index is 2.31. The molecule has 0 aromatic heterocycles. The van der Waals surface area contributed by atoms with Crippen LogP contribution in [0.2, 0.25) is 0 Å². The molecule has 0 bridgehead atoms. The fourth-order valence-corrected chi connectivity index (χ4v) is 1.76. The van der Waals surface area contributed by atoms with E-state index in [0.717, 1.165) is 11.8 Å². The molecular formula is C11H14. The Morgan fingerprint density at radius 3 is 2.45 bits per heavy atom. The lowest BCUT2D eigenvalue weighted by atomic mass is 10.0. The molecule has 1 aromatic carbocycles. The molecule has 2 rings (SSSR count). The second-order valence-corrected chi connectivity index (χ2v) is 3.68. The molecule has 0 aliphatic heterocycles. The van der Waals surface area contributed by atoms with Gasteiger partial charge in [0, 0.05) is 0 Å². The number of hydrogen-bond acceptors (Lipinski definition) is 0. The van der Waals surface area contributed by atoms with Crippen LogP contribution in [0.4, 0.5) is 0 Å². The first-order valence-corrected chi connectivity index (χ1v) is 4.34. The van der Waals surface area contributed by atoms with Crippen molar-refractivity contribution < 1.29 is 0 Å². The van der Waals surface area contributed by atoms with Crippen molar-refractivity contribution in [2.75, 3.05) is 0 Å². The van der Waals surface area contributed by atoms with E-state index in [2.05, 4.69) is 38.1 Å². The van der Waals surface area contributed by atoms with Crippen LogP contribution in [0.5, 0.6) is 0 Å². The van der Waals surface area contributed by atoms with Gasteiger partial charge in [0.1, 0.15) is 0 Å². The van der Waals surface area contributed by atoms with Gasteiger partial charge in [-0.3, -0.25) is 0 Å². The van der Waals surface area contributed by atoms with Gasteiger partial charge in [-0.05, 0) is 36.3 Å². The molecule has 1 aliphatic rings. The summed E-state index contributed by atoms with van der Waals surface area (Å²) in [5.74, 6) is 1.80. The van der Waals surface area contributed by atoms with Gasteiger partial charge < -0.3 is 0 Å². The summed E-state index contributed by atoms with van der Waals surface area (Å²) in [5, 5.41) is 0. The highest BCUT2D eigenvalue weighted by Gasteiger charge is 2.34. The van der Waals surface area contributed by atoms with E-state index in [-0.39, 0.29) is 0 Å². The normalized spacial score (nSPS) is 28.5. The van der Waals surface area contributed by atoms with E-state index < -0.39 is 0 Å². The average Bonchev–Trinajstić information content (AvgIpc) is 2.68. The number of rotatable bonds is 1. The smallest absolute Gasteiger partial charge is 0.0131 e. The molecule has 0 nitrogen and oxygen atoms in total. The van der Waals surface area contributed by atoms with Crippen LogP contribution in [0.3, 0.4) is 0 Å². The van der Waals surface area contributed by atoms with Gasteiger partial charge in [-0.1, -0.05) is 31.2 Å². The SMILES string of the molecule is Cc1ccccc1C1CC1C. The van der Waals surface area contributed by atoms with Gasteiger partial charge in [-0.25, -0.2) is 0 Å². The number of benzene rings is 1. The highest BCUT2D eigenvalue weighted by Crippen LogP contribution is 2.47. The first-order valence-electron chi connectivity index (χ1n) is 4.34. The van der Waals surface area contributed by atoms with Crippen LogP contribution in [0, 0.1) is 12.8 Å². The van der Waals surface area contributed by atoms with Crippen molar-refractivity contribution in [1.29, 1.82) is 0 Å². The largest absolute Gasteiger partial charge is 0.0620 e. The minimum Gasteiger partial charge on any atom is -0.0620 e. The van der Waals surface area contributed by atoms with Gasteiger partial charge in [-0.15, -0.1) is 0 Å². The highest BCUT2D eigenvalue weighted by atomic mass is 14.4. The zero-order chi connectivity index (χ0) is 7.84. The van der Waals surface area contributed by atoms with Crippen molar-refractivity contribution in [2.24, 2.45) is 5.92 Å². The minimum atomic E-state index is 0.871. The van der Waals surface area contributed by atoms with Crippen molar-refractivity contribution in [3.63, 3.8) is 0 Å². The van der Waals surface area contributed by atoms with E-state index in [9.17, 15) is 0 Å².